The molecule has 0 aliphatic carbocycles. The lowest BCUT2D eigenvalue weighted by molar-refractivity contribution is 0.122. The number of hydrogen-bond acceptors (Lipinski definition) is 3. The molecule has 66 valence electrons. The van der Waals surface area contributed by atoms with Gasteiger partial charge in [-0.25, -0.2) is 0 Å². The molecule has 3 heteroatoms. The van der Waals surface area contributed by atoms with Crippen molar-refractivity contribution in [2.45, 2.75) is 25.0 Å². The predicted octanol–water partition coefficient (Wildman–Crippen LogP) is -0.339. The topological polar surface area (TPSA) is 35.5 Å². The monoisotopic (exact) mass is 158 g/mol. The normalized spacial score (nSPS) is 35.2. The van der Waals surface area contributed by atoms with E-state index < -0.39 is 0 Å². The fourth-order valence-corrected chi connectivity index (χ4v) is 1.60. The minimum Gasteiger partial charge on any atom is -0.391 e. The number of rotatable bonds is 1. The molecule has 1 aliphatic heterocycles. The highest BCUT2D eigenvalue weighted by Crippen LogP contribution is 2.09. The van der Waals surface area contributed by atoms with Crippen LogP contribution in [0.15, 0.2) is 0 Å². The average Bonchev–Trinajstić information content (AvgIpc) is 2.13. The van der Waals surface area contributed by atoms with E-state index in [0.717, 1.165) is 25.9 Å². The summed E-state index contributed by atoms with van der Waals surface area (Å²) in [5.41, 5.74) is 0. The first-order chi connectivity index (χ1) is 5.24. The Morgan fingerprint density at radius 2 is 2.27 bits per heavy atom. The van der Waals surface area contributed by atoms with E-state index in [9.17, 15) is 5.11 Å². The fraction of sp³-hybridized carbons (Fsp3) is 1.00. The highest BCUT2D eigenvalue weighted by molar-refractivity contribution is 4.80. The maximum absolute atomic E-state index is 9.58. The van der Waals surface area contributed by atoms with E-state index in [1.807, 2.05) is 7.05 Å². The molecule has 0 radical (unpaired) electrons. The minimum absolute atomic E-state index is 0.162. The summed E-state index contributed by atoms with van der Waals surface area (Å²) in [7, 11) is 4.01. The third-order valence-corrected chi connectivity index (χ3v) is 2.38. The van der Waals surface area contributed by atoms with E-state index in [-0.39, 0.29) is 12.1 Å². The SMILES string of the molecule is CNC1CN(C)CCCC1O. The number of likely N-dealkylation sites (tertiary alicyclic amines) is 1. The number of nitrogens with zero attached hydrogens (tertiary/aromatic N) is 1. The van der Waals surface area contributed by atoms with Gasteiger partial charge in [0, 0.05) is 12.6 Å². The van der Waals surface area contributed by atoms with E-state index in [4.69, 9.17) is 0 Å². The Balaban J connectivity index is 2.45. The fourth-order valence-electron chi connectivity index (χ4n) is 1.60. The van der Waals surface area contributed by atoms with Crippen molar-refractivity contribution in [2.24, 2.45) is 0 Å². The van der Waals surface area contributed by atoms with Crippen LogP contribution in [0.25, 0.3) is 0 Å². The van der Waals surface area contributed by atoms with Crippen LogP contribution < -0.4 is 5.32 Å². The van der Waals surface area contributed by atoms with Crippen molar-refractivity contribution in [1.29, 1.82) is 0 Å². The van der Waals surface area contributed by atoms with E-state index in [1.165, 1.54) is 0 Å². The molecule has 0 spiro atoms. The molecule has 0 bridgehead atoms. The molecule has 1 saturated heterocycles. The Bertz CT molecular complexity index is 119. The third kappa shape index (κ3) is 2.43. The molecule has 2 unspecified atom stereocenters. The second-order valence-electron chi connectivity index (χ2n) is 3.37. The van der Waals surface area contributed by atoms with Crippen LogP contribution in [-0.2, 0) is 0 Å². The first-order valence-corrected chi connectivity index (χ1v) is 4.28. The molecular formula is C8H18N2O. The van der Waals surface area contributed by atoms with Gasteiger partial charge in [-0.1, -0.05) is 0 Å². The van der Waals surface area contributed by atoms with E-state index in [2.05, 4.69) is 17.3 Å². The van der Waals surface area contributed by atoms with Crippen LogP contribution >= 0.6 is 0 Å². The molecular weight excluding hydrogens is 140 g/mol. The van der Waals surface area contributed by atoms with E-state index in [1.54, 1.807) is 0 Å². The van der Waals surface area contributed by atoms with E-state index in [0.29, 0.717) is 0 Å². The maximum atomic E-state index is 9.58. The summed E-state index contributed by atoms with van der Waals surface area (Å²) in [6.45, 7) is 2.06. The molecule has 2 atom stereocenters. The Labute approximate surface area is 68.4 Å². The van der Waals surface area contributed by atoms with Crippen molar-refractivity contribution in [3.63, 3.8) is 0 Å². The van der Waals surface area contributed by atoms with Gasteiger partial charge in [0.2, 0.25) is 0 Å². The second kappa shape index (κ2) is 4.04. The van der Waals surface area contributed by atoms with Gasteiger partial charge in [-0.3, -0.25) is 0 Å². The molecule has 0 amide bonds. The molecule has 1 fully saturated rings. The van der Waals surface area contributed by atoms with Crippen molar-refractivity contribution in [3.8, 4) is 0 Å². The summed E-state index contributed by atoms with van der Waals surface area (Å²) in [5.74, 6) is 0. The first kappa shape index (κ1) is 8.97. The van der Waals surface area contributed by atoms with Gasteiger partial charge in [-0.15, -0.1) is 0 Å². The lowest BCUT2D eigenvalue weighted by atomic mass is 10.1. The lowest BCUT2D eigenvalue weighted by Gasteiger charge is -2.22. The van der Waals surface area contributed by atoms with Crippen LogP contribution in [0.5, 0.6) is 0 Å². The molecule has 0 aromatic heterocycles. The van der Waals surface area contributed by atoms with Gasteiger partial charge in [0.15, 0.2) is 0 Å². The molecule has 1 heterocycles. The van der Waals surface area contributed by atoms with E-state index >= 15 is 0 Å². The van der Waals surface area contributed by atoms with Crippen molar-refractivity contribution >= 4 is 0 Å². The smallest absolute Gasteiger partial charge is 0.0706 e. The number of hydrogen-bond donors (Lipinski definition) is 2. The van der Waals surface area contributed by atoms with Crippen LogP contribution in [0, 0.1) is 0 Å². The van der Waals surface area contributed by atoms with Crippen molar-refractivity contribution in [3.05, 3.63) is 0 Å². The first-order valence-electron chi connectivity index (χ1n) is 4.28. The zero-order valence-corrected chi connectivity index (χ0v) is 7.38. The van der Waals surface area contributed by atoms with Gasteiger partial charge in [0.05, 0.1) is 6.10 Å². The Morgan fingerprint density at radius 1 is 1.55 bits per heavy atom. The van der Waals surface area contributed by atoms with Gasteiger partial charge < -0.3 is 15.3 Å². The summed E-state index contributed by atoms with van der Waals surface area (Å²) in [4.78, 5) is 2.26. The van der Waals surface area contributed by atoms with Crippen LogP contribution in [0.2, 0.25) is 0 Å². The third-order valence-electron chi connectivity index (χ3n) is 2.38. The highest BCUT2D eigenvalue weighted by atomic mass is 16.3. The van der Waals surface area contributed by atoms with Gasteiger partial charge in [0.25, 0.3) is 0 Å². The van der Waals surface area contributed by atoms with Gasteiger partial charge in [-0.2, -0.15) is 0 Å². The second-order valence-corrected chi connectivity index (χ2v) is 3.37. The molecule has 1 rings (SSSR count). The summed E-state index contributed by atoms with van der Waals surface area (Å²) in [6, 6.07) is 0.252. The molecule has 0 saturated carbocycles. The molecule has 3 nitrogen and oxygen atoms in total. The standard InChI is InChI=1S/C8H18N2O/c1-9-7-6-10(2)5-3-4-8(7)11/h7-9,11H,3-6H2,1-2H3. The summed E-state index contributed by atoms with van der Waals surface area (Å²) in [5, 5.41) is 12.7. The quantitative estimate of drug-likeness (QED) is 0.548. The van der Waals surface area contributed by atoms with Gasteiger partial charge >= 0.3 is 0 Å². The predicted molar refractivity (Wildman–Crippen MR) is 45.6 cm³/mol. The molecule has 0 aromatic rings. The van der Waals surface area contributed by atoms with Crippen molar-refractivity contribution in [2.75, 3.05) is 27.2 Å². The minimum atomic E-state index is -0.162. The van der Waals surface area contributed by atoms with Gasteiger partial charge in [-0.05, 0) is 33.5 Å². The number of aliphatic hydroxyl groups is 1. The molecule has 0 aromatic carbocycles. The zero-order chi connectivity index (χ0) is 8.27. The Kier molecular flexibility index (Phi) is 3.30. The van der Waals surface area contributed by atoms with Crippen LogP contribution in [0.1, 0.15) is 12.8 Å². The number of nitrogens with one attached hydrogen (secondary N) is 1. The Hall–Kier alpha value is -0.120. The van der Waals surface area contributed by atoms with Crippen LogP contribution in [-0.4, -0.2) is 49.3 Å². The average molecular weight is 158 g/mol. The highest BCUT2D eigenvalue weighted by Gasteiger charge is 2.21. The van der Waals surface area contributed by atoms with Crippen molar-refractivity contribution < 1.29 is 5.11 Å². The molecule has 2 N–H and O–H groups in total. The van der Waals surface area contributed by atoms with Crippen LogP contribution in [0.4, 0.5) is 0 Å². The van der Waals surface area contributed by atoms with Gasteiger partial charge in [0.1, 0.15) is 0 Å². The molecule has 11 heavy (non-hydrogen) atoms. The molecule has 1 aliphatic rings. The van der Waals surface area contributed by atoms with Crippen molar-refractivity contribution in [1.82, 2.24) is 10.2 Å². The summed E-state index contributed by atoms with van der Waals surface area (Å²) in [6.07, 6.45) is 1.87. The zero-order valence-electron chi connectivity index (χ0n) is 7.38. The maximum Gasteiger partial charge on any atom is 0.0706 e. The Morgan fingerprint density at radius 3 is 2.91 bits per heavy atom. The van der Waals surface area contributed by atoms with Crippen LogP contribution in [0.3, 0.4) is 0 Å². The lowest BCUT2D eigenvalue weighted by Crippen LogP contribution is -2.43. The number of likely N-dealkylation sites (N-methyl/N-ethyl adjacent to an activating group) is 2. The largest absolute Gasteiger partial charge is 0.391 e. The summed E-state index contributed by atoms with van der Waals surface area (Å²) >= 11 is 0. The summed E-state index contributed by atoms with van der Waals surface area (Å²) < 4.78 is 0. The number of aliphatic hydroxyl groups excluding tert-OH is 1.